The molecule has 0 atom stereocenters. The molecule has 0 saturated heterocycles. The molecule has 1 heterocycles. The molecule has 0 aromatic carbocycles. The summed E-state index contributed by atoms with van der Waals surface area (Å²) in [4.78, 5) is 3.63. The van der Waals surface area contributed by atoms with Crippen LogP contribution in [-0.4, -0.2) is 15.2 Å². The van der Waals surface area contributed by atoms with Crippen molar-refractivity contribution in [3.05, 3.63) is 17.8 Å². The van der Waals surface area contributed by atoms with E-state index in [1.807, 2.05) is 0 Å². The first-order valence-electron chi connectivity index (χ1n) is 2.52. The van der Waals surface area contributed by atoms with E-state index in [-0.39, 0.29) is 19.1 Å². The van der Waals surface area contributed by atoms with Crippen LogP contribution >= 0.6 is 0 Å². The topological polar surface area (TPSA) is 66.5 Å². The van der Waals surface area contributed by atoms with Crippen LogP contribution in [0.5, 0.6) is 0 Å². The Kier molecular flexibility index (Phi) is 1.81. The first-order valence-corrected chi connectivity index (χ1v) is 2.52. The Balaban J connectivity index is 2.74. The Morgan fingerprint density at radius 3 is 2.56 bits per heavy atom. The summed E-state index contributed by atoms with van der Waals surface area (Å²) >= 11 is 0. The van der Waals surface area contributed by atoms with Gasteiger partial charge in [0.05, 0.1) is 6.20 Å². The van der Waals surface area contributed by atoms with Gasteiger partial charge in [0.2, 0.25) is 5.89 Å². The summed E-state index contributed by atoms with van der Waals surface area (Å²) < 4.78 is 4.77. The van der Waals surface area contributed by atoms with Crippen LogP contribution in [0.25, 0.3) is 0 Å². The number of aromatic nitrogens is 1. The smallest absolute Gasteiger partial charge is 0.220 e. The zero-order chi connectivity index (χ0) is 6.69. The van der Waals surface area contributed by atoms with Crippen molar-refractivity contribution in [3.8, 4) is 0 Å². The summed E-state index contributed by atoms with van der Waals surface area (Å²) in [7, 11) is 0. The minimum atomic E-state index is -0.222. The lowest BCUT2D eigenvalue weighted by molar-refractivity contribution is 0.212. The first-order chi connectivity index (χ1) is 4.36. The second-order valence-corrected chi connectivity index (χ2v) is 1.54. The number of hydrogen-bond donors (Lipinski definition) is 2. The predicted molar refractivity (Wildman–Crippen MR) is 28.3 cm³/mol. The fourth-order valence-electron chi connectivity index (χ4n) is 0.494. The van der Waals surface area contributed by atoms with Gasteiger partial charge in [-0.3, -0.25) is 0 Å². The van der Waals surface area contributed by atoms with Crippen LogP contribution in [0.4, 0.5) is 0 Å². The van der Waals surface area contributed by atoms with Gasteiger partial charge in [0.15, 0.2) is 0 Å². The maximum Gasteiger partial charge on any atom is 0.220 e. The molecule has 2 N–H and O–H groups in total. The summed E-state index contributed by atoms with van der Waals surface area (Å²) in [6, 6.07) is 0. The van der Waals surface area contributed by atoms with Crippen LogP contribution in [-0.2, 0) is 13.2 Å². The lowest BCUT2D eigenvalue weighted by Gasteiger charge is -1.83. The predicted octanol–water partition coefficient (Wildman–Crippen LogP) is -0.341. The molecule has 0 radical (unpaired) electrons. The number of oxazole rings is 1. The zero-order valence-corrected chi connectivity index (χ0v) is 4.74. The molecule has 4 nitrogen and oxygen atoms in total. The highest BCUT2D eigenvalue weighted by atomic mass is 16.4. The molecule has 0 fully saturated rings. The van der Waals surface area contributed by atoms with Gasteiger partial charge in [-0.25, -0.2) is 4.98 Å². The lowest BCUT2D eigenvalue weighted by atomic mass is 10.6. The molecule has 0 aliphatic rings. The highest BCUT2D eigenvalue weighted by molar-refractivity contribution is 4.90. The molecule has 50 valence electrons. The largest absolute Gasteiger partial charge is 0.441 e. The van der Waals surface area contributed by atoms with Crippen LogP contribution in [0.15, 0.2) is 10.6 Å². The average Bonchev–Trinajstić information content (AvgIpc) is 2.34. The molecular formula is C5H7NO3. The van der Waals surface area contributed by atoms with Gasteiger partial charge in [0, 0.05) is 0 Å². The number of nitrogens with zero attached hydrogens (tertiary/aromatic N) is 1. The maximum absolute atomic E-state index is 8.43. The Morgan fingerprint density at radius 2 is 2.22 bits per heavy atom. The quantitative estimate of drug-likeness (QED) is 0.573. The van der Waals surface area contributed by atoms with Crippen molar-refractivity contribution >= 4 is 0 Å². The molecule has 4 heteroatoms. The van der Waals surface area contributed by atoms with Crippen LogP contribution in [0.2, 0.25) is 0 Å². The van der Waals surface area contributed by atoms with E-state index in [0.717, 1.165) is 0 Å². The minimum Gasteiger partial charge on any atom is -0.441 e. The normalized spacial score (nSPS) is 10.0. The Hall–Kier alpha value is -0.870. The number of rotatable bonds is 2. The number of hydrogen-bond acceptors (Lipinski definition) is 4. The van der Waals surface area contributed by atoms with Gasteiger partial charge in [-0.05, 0) is 0 Å². The monoisotopic (exact) mass is 129 g/mol. The molecule has 1 aromatic heterocycles. The Morgan fingerprint density at radius 1 is 1.44 bits per heavy atom. The molecule has 0 spiro atoms. The molecule has 9 heavy (non-hydrogen) atoms. The third-order valence-electron chi connectivity index (χ3n) is 0.893. The van der Waals surface area contributed by atoms with Crippen molar-refractivity contribution in [1.82, 2.24) is 4.98 Å². The van der Waals surface area contributed by atoms with E-state index >= 15 is 0 Å². The van der Waals surface area contributed by atoms with Crippen molar-refractivity contribution in [2.24, 2.45) is 0 Å². The van der Waals surface area contributed by atoms with Gasteiger partial charge in [-0.1, -0.05) is 0 Å². The minimum absolute atomic E-state index is 0.174. The molecule has 1 aromatic rings. The molecule has 0 saturated carbocycles. The first kappa shape index (κ1) is 6.25. The summed E-state index contributed by atoms with van der Waals surface area (Å²) in [6.07, 6.45) is 1.38. The summed E-state index contributed by atoms with van der Waals surface area (Å²) in [5.74, 6) is 0.609. The third-order valence-corrected chi connectivity index (χ3v) is 0.893. The fraction of sp³-hybridized carbons (Fsp3) is 0.400. The van der Waals surface area contributed by atoms with Crippen molar-refractivity contribution < 1.29 is 14.6 Å². The second kappa shape index (κ2) is 2.61. The molecule has 1 rings (SSSR count). The van der Waals surface area contributed by atoms with E-state index in [0.29, 0.717) is 5.76 Å². The molecule has 0 aliphatic heterocycles. The Bertz CT molecular complexity index is 166. The fourth-order valence-corrected chi connectivity index (χ4v) is 0.494. The summed E-state index contributed by atoms with van der Waals surface area (Å²) in [5.41, 5.74) is 0. The van der Waals surface area contributed by atoms with Gasteiger partial charge < -0.3 is 14.6 Å². The van der Waals surface area contributed by atoms with Crippen LogP contribution in [0, 0.1) is 0 Å². The Labute approximate surface area is 51.8 Å². The van der Waals surface area contributed by atoms with E-state index < -0.39 is 0 Å². The summed E-state index contributed by atoms with van der Waals surface area (Å²) in [6.45, 7) is -0.396. The lowest BCUT2D eigenvalue weighted by Crippen LogP contribution is -1.79. The highest BCUT2D eigenvalue weighted by Gasteiger charge is 1.98. The van der Waals surface area contributed by atoms with Crippen molar-refractivity contribution in [1.29, 1.82) is 0 Å². The number of aliphatic hydroxyl groups is 2. The average molecular weight is 129 g/mol. The van der Waals surface area contributed by atoms with E-state index in [4.69, 9.17) is 14.6 Å². The van der Waals surface area contributed by atoms with E-state index in [1.54, 1.807) is 0 Å². The van der Waals surface area contributed by atoms with Crippen molar-refractivity contribution in [2.45, 2.75) is 13.2 Å². The number of aliphatic hydroxyl groups excluding tert-OH is 2. The molecule has 0 amide bonds. The summed E-state index contributed by atoms with van der Waals surface area (Å²) in [5, 5.41) is 16.8. The van der Waals surface area contributed by atoms with Gasteiger partial charge in [-0.15, -0.1) is 0 Å². The standard InChI is InChI=1S/C5H7NO3/c7-2-4-1-6-5(3-8)9-4/h1,7-8H,2-3H2. The molecule has 0 unspecified atom stereocenters. The molecular weight excluding hydrogens is 122 g/mol. The molecule has 0 aliphatic carbocycles. The van der Waals surface area contributed by atoms with E-state index in [9.17, 15) is 0 Å². The SMILES string of the molecule is OCc1cnc(CO)o1. The van der Waals surface area contributed by atoms with Crippen LogP contribution < -0.4 is 0 Å². The highest BCUT2D eigenvalue weighted by Crippen LogP contribution is 2.01. The van der Waals surface area contributed by atoms with Gasteiger partial charge in [0.25, 0.3) is 0 Å². The van der Waals surface area contributed by atoms with Crippen LogP contribution in [0.3, 0.4) is 0 Å². The molecule has 0 bridgehead atoms. The van der Waals surface area contributed by atoms with Crippen molar-refractivity contribution in [3.63, 3.8) is 0 Å². The zero-order valence-electron chi connectivity index (χ0n) is 4.74. The maximum atomic E-state index is 8.43. The second-order valence-electron chi connectivity index (χ2n) is 1.54. The van der Waals surface area contributed by atoms with Crippen molar-refractivity contribution in [2.75, 3.05) is 0 Å². The van der Waals surface area contributed by atoms with Gasteiger partial charge >= 0.3 is 0 Å². The van der Waals surface area contributed by atoms with Crippen LogP contribution in [0.1, 0.15) is 11.7 Å². The van der Waals surface area contributed by atoms with Gasteiger partial charge in [0.1, 0.15) is 19.0 Å². The van der Waals surface area contributed by atoms with Gasteiger partial charge in [-0.2, -0.15) is 0 Å². The van der Waals surface area contributed by atoms with E-state index in [1.165, 1.54) is 6.20 Å². The van der Waals surface area contributed by atoms with E-state index in [2.05, 4.69) is 4.98 Å². The third kappa shape index (κ3) is 1.28.